The molecule has 0 fully saturated rings. The van der Waals surface area contributed by atoms with Gasteiger partial charge < -0.3 is 4.90 Å². The smallest absolute Gasteiger partial charge is 0.0408 e. The van der Waals surface area contributed by atoms with Crippen molar-refractivity contribution < 1.29 is 0 Å². The number of fused-ring (bicyclic) bond motifs is 3. The van der Waals surface area contributed by atoms with E-state index in [1.807, 2.05) is 0 Å². The molecule has 24 heavy (non-hydrogen) atoms. The van der Waals surface area contributed by atoms with Crippen LogP contribution >= 0.6 is 0 Å². The first kappa shape index (κ1) is 15.0. The molecule has 3 aromatic rings. The molecule has 1 nitrogen and oxygen atoms in total. The molecule has 3 aromatic carbocycles. The van der Waals surface area contributed by atoms with Gasteiger partial charge in [0.05, 0.1) is 0 Å². The minimum atomic E-state index is 1.03. The second-order valence-corrected chi connectivity index (χ2v) is 6.35. The molecule has 0 aliphatic heterocycles. The Morgan fingerprint density at radius 1 is 0.667 bits per heavy atom. The first-order valence-corrected chi connectivity index (χ1v) is 8.88. The molecule has 0 N–H and O–H groups in total. The summed E-state index contributed by atoms with van der Waals surface area (Å²) in [4.78, 5) is 2.47. The maximum Gasteiger partial charge on any atom is 0.0408 e. The van der Waals surface area contributed by atoms with Crippen molar-refractivity contribution in [2.75, 3.05) is 18.0 Å². The predicted molar refractivity (Wildman–Crippen MR) is 104 cm³/mol. The van der Waals surface area contributed by atoms with Crippen molar-refractivity contribution in [3.8, 4) is 22.3 Å². The minimum Gasteiger partial charge on any atom is -0.372 e. The van der Waals surface area contributed by atoms with Crippen molar-refractivity contribution in [1.82, 2.24) is 0 Å². The molecule has 0 aromatic heterocycles. The fourth-order valence-electron chi connectivity index (χ4n) is 3.97. The average Bonchev–Trinajstić information content (AvgIpc) is 3.03. The van der Waals surface area contributed by atoms with E-state index in [1.54, 1.807) is 0 Å². The molecule has 0 unspecified atom stereocenters. The van der Waals surface area contributed by atoms with Gasteiger partial charge in [-0.05, 0) is 53.3 Å². The molecule has 0 spiro atoms. The Bertz CT molecular complexity index is 860. The Morgan fingerprint density at radius 3 is 2.00 bits per heavy atom. The van der Waals surface area contributed by atoms with Crippen molar-refractivity contribution in [2.24, 2.45) is 0 Å². The van der Waals surface area contributed by atoms with Crippen LogP contribution in [0, 0.1) is 0 Å². The number of benzene rings is 3. The lowest BCUT2D eigenvalue weighted by Gasteiger charge is -2.24. The van der Waals surface area contributed by atoms with Crippen LogP contribution in [0.1, 0.15) is 25.0 Å². The summed E-state index contributed by atoms with van der Waals surface area (Å²) in [6, 6.07) is 24.3. The van der Waals surface area contributed by atoms with E-state index in [9.17, 15) is 0 Å². The number of rotatable bonds is 4. The van der Waals surface area contributed by atoms with Crippen molar-refractivity contribution in [2.45, 2.75) is 20.3 Å². The molecule has 0 atom stereocenters. The highest BCUT2D eigenvalue weighted by molar-refractivity contribution is 5.88. The van der Waals surface area contributed by atoms with Crippen molar-refractivity contribution in [3.05, 3.63) is 77.9 Å². The second kappa shape index (κ2) is 6.16. The van der Waals surface area contributed by atoms with Gasteiger partial charge in [-0.25, -0.2) is 0 Å². The molecule has 0 radical (unpaired) electrons. The monoisotopic (exact) mass is 313 g/mol. The van der Waals surface area contributed by atoms with Crippen LogP contribution in [0.3, 0.4) is 0 Å². The highest BCUT2D eigenvalue weighted by Gasteiger charge is 2.24. The van der Waals surface area contributed by atoms with Gasteiger partial charge in [0.15, 0.2) is 0 Å². The predicted octanol–water partition coefficient (Wildman–Crippen LogP) is 5.77. The summed E-state index contributed by atoms with van der Waals surface area (Å²) in [5.41, 5.74) is 9.85. The zero-order valence-corrected chi connectivity index (χ0v) is 14.4. The summed E-state index contributed by atoms with van der Waals surface area (Å²) in [6.45, 7) is 6.57. The lowest BCUT2D eigenvalue weighted by atomic mass is 9.96. The van der Waals surface area contributed by atoms with Crippen molar-refractivity contribution in [3.63, 3.8) is 0 Å². The molecular weight excluding hydrogens is 290 g/mol. The Kier molecular flexibility index (Phi) is 3.86. The third-order valence-corrected chi connectivity index (χ3v) is 5.16. The average molecular weight is 313 g/mol. The standard InChI is InChI=1S/C23H23N/c1-3-24(4-2)23-15-9-14-20-19-13-8-12-18(21(19)16-22(20)23)17-10-6-5-7-11-17/h5-15H,3-4,16H2,1-2H3. The Labute approximate surface area is 144 Å². The molecule has 1 aliphatic carbocycles. The largest absolute Gasteiger partial charge is 0.372 e. The molecule has 120 valence electrons. The lowest BCUT2D eigenvalue weighted by molar-refractivity contribution is 0.860. The van der Waals surface area contributed by atoms with Gasteiger partial charge >= 0.3 is 0 Å². The molecule has 0 heterocycles. The topological polar surface area (TPSA) is 3.24 Å². The van der Waals surface area contributed by atoms with Crippen LogP contribution in [-0.2, 0) is 6.42 Å². The van der Waals surface area contributed by atoms with Gasteiger partial charge in [0.1, 0.15) is 0 Å². The Balaban J connectivity index is 1.87. The van der Waals surface area contributed by atoms with E-state index in [-0.39, 0.29) is 0 Å². The van der Waals surface area contributed by atoms with Gasteiger partial charge in [0, 0.05) is 25.2 Å². The van der Waals surface area contributed by atoms with Gasteiger partial charge in [-0.1, -0.05) is 60.7 Å². The highest BCUT2D eigenvalue weighted by atomic mass is 15.1. The number of hydrogen-bond acceptors (Lipinski definition) is 1. The van der Waals surface area contributed by atoms with E-state index >= 15 is 0 Å². The van der Waals surface area contributed by atoms with Gasteiger partial charge in [0.2, 0.25) is 0 Å². The van der Waals surface area contributed by atoms with E-state index in [0.29, 0.717) is 0 Å². The summed E-state index contributed by atoms with van der Waals surface area (Å²) >= 11 is 0. The minimum absolute atomic E-state index is 1.03. The molecule has 0 saturated carbocycles. The van der Waals surface area contributed by atoms with Crippen LogP contribution < -0.4 is 4.90 Å². The third kappa shape index (κ3) is 2.32. The zero-order chi connectivity index (χ0) is 16.5. The van der Waals surface area contributed by atoms with E-state index in [1.165, 1.54) is 39.1 Å². The summed E-state index contributed by atoms with van der Waals surface area (Å²) in [5.74, 6) is 0. The maximum atomic E-state index is 2.47. The van der Waals surface area contributed by atoms with Crippen LogP contribution in [0.5, 0.6) is 0 Å². The molecule has 1 aliphatic rings. The normalized spacial score (nSPS) is 11.9. The number of nitrogens with zero attached hydrogens (tertiary/aromatic N) is 1. The van der Waals surface area contributed by atoms with E-state index in [0.717, 1.165) is 19.5 Å². The van der Waals surface area contributed by atoms with Crippen LogP contribution in [0.15, 0.2) is 66.7 Å². The first-order valence-electron chi connectivity index (χ1n) is 8.88. The fraction of sp³-hybridized carbons (Fsp3) is 0.217. The van der Waals surface area contributed by atoms with Crippen LogP contribution in [0.4, 0.5) is 5.69 Å². The second-order valence-electron chi connectivity index (χ2n) is 6.35. The van der Waals surface area contributed by atoms with Crippen LogP contribution in [0.2, 0.25) is 0 Å². The molecule has 0 saturated heterocycles. The molecule has 4 rings (SSSR count). The van der Waals surface area contributed by atoms with E-state index in [2.05, 4.69) is 85.5 Å². The fourth-order valence-corrected chi connectivity index (χ4v) is 3.97. The highest BCUT2D eigenvalue weighted by Crippen LogP contribution is 2.44. The number of anilines is 1. The molecule has 1 heteroatoms. The van der Waals surface area contributed by atoms with Gasteiger partial charge in [-0.3, -0.25) is 0 Å². The summed E-state index contributed by atoms with van der Waals surface area (Å²) in [5, 5.41) is 0. The van der Waals surface area contributed by atoms with Gasteiger partial charge in [-0.15, -0.1) is 0 Å². The quantitative estimate of drug-likeness (QED) is 0.462. The van der Waals surface area contributed by atoms with Crippen molar-refractivity contribution in [1.29, 1.82) is 0 Å². The summed E-state index contributed by atoms with van der Waals surface area (Å²) in [7, 11) is 0. The lowest BCUT2D eigenvalue weighted by Crippen LogP contribution is -2.23. The molecular formula is C23H23N. The Morgan fingerprint density at radius 2 is 1.29 bits per heavy atom. The first-order chi connectivity index (χ1) is 11.8. The number of hydrogen-bond donors (Lipinski definition) is 0. The van der Waals surface area contributed by atoms with Crippen LogP contribution in [0.25, 0.3) is 22.3 Å². The van der Waals surface area contributed by atoms with E-state index in [4.69, 9.17) is 0 Å². The molecule has 0 bridgehead atoms. The van der Waals surface area contributed by atoms with Gasteiger partial charge in [-0.2, -0.15) is 0 Å². The molecule has 0 amide bonds. The summed E-state index contributed by atoms with van der Waals surface area (Å²) in [6.07, 6.45) is 1.03. The van der Waals surface area contributed by atoms with Crippen molar-refractivity contribution >= 4 is 5.69 Å². The SMILES string of the molecule is CCN(CC)c1cccc2c1Cc1c(-c3ccccc3)cccc1-2. The Hall–Kier alpha value is -2.54. The summed E-state index contributed by atoms with van der Waals surface area (Å²) < 4.78 is 0. The third-order valence-electron chi connectivity index (χ3n) is 5.16. The van der Waals surface area contributed by atoms with Gasteiger partial charge in [0.25, 0.3) is 0 Å². The van der Waals surface area contributed by atoms with Crippen LogP contribution in [-0.4, -0.2) is 13.1 Å². The van der Waals surface area contributed by atoms with E-state index < -0.39 is 0 Å². The zero-order valence-electron chi connectivity index (χ0n) is 14.4. The maximum absolute atomic E-state index is 2.47.